The molecule has 1 amide bonds. The largest absolute Gasteiger partial charge is 0.348 e. The predicted molar refractivity (Wildman–Crippen MR) is 111 cm³/mol. The number of nitrogens with one attached hydrogen (secondary N) is 1. The van der Waals surface area contributed by atoms with Gasteiger partial charge in [0.1, 0.15) is 5.82 Å². The maximum Gasteiger partial charge on any atom is 0.264 e. The van der Waals surface area contributed by atoms with E-state index in [1.54, 1.807) is 30.3 Å². The van der Waals surface area contributed by atoms with E-state index in [-0.39, 0.29) is 27.8 Å². The molecule has 0 unspecified atom stereocenters. The lowest BCUT2D eigenvalue weighted by Gasteiger charge is -2.20. The summed E-state index contributed by atoms with van der Waals surface area (Å²) in [5.41, 5.74) is 1.28. The molecule has 0 saturated carbocycles. The molecule has 0 aliphatic rings. The summed E-state index contributed by atoms with van der Waals surface area (Å²) in [4.78, 5) is 12.6. The molecular formula is C21H18ClFN2O3S. The van der Waals surface area contributed by atoms with Gasteiger partial charge in [0.25, 0.3) is 15.9 Å². The van der Waals surface area contributed by atoms with E-state index in [0.717, 1.165) is 9.87 Å². The third kappa shape index (κ3) is 4.75. The molecule has 0 aliphatic carbocycles. The third-order valence-electron chi connectivity index (χ3n) is 4.33. The molecule has 8 heteroatoms. The van der Waals surface area contributed by atoms with Crippen molar-refractivity contribution in [2.75, 3.05) is 11.4 Å². The Bertz CT molecular complexity index is 1120. The third-order valence-corrected chi connectivity index (χ3v) is 6.44. The van der Waals surface area contributed by atoms with Gasteiger partial charge in [-0.25, -0.2) is 12.8 Å². The minimum atomic E-state index is -3.75. The fourth-order valence-electron chi connectivity index (χ4n) is 2.65. The number of hydrogen-bond donors (Lipinski definition) is 1. The van der Waals surface area contributed by atoms with Gasteiger partial charge >= 0.3 is 0 Å². The van der Waals surface area contributed by atoms with Crippen LogP contribution in [0.15, 0.2) is 77.7 Å². The summed E-state index contributed by atoms with van der Waals surface area (Å²) >= 11 is 6.24. The zero-order valence-electron chi connectivity index (χ0n) is 15.5. The molecule has 0 aromatic heterocycles. The number of amides is 1. The molecule has 0 heterocycles. The lowest BCUT2D eigenvalue weighted by atomic mass is 10.1. The number of nitrogens with zero attached hydrogens (tertiary/aromatic N) is 1. The van der Waals surface area contributed by atoms with Gasteiger partial charge in [-0.2, -0.15) is 0 Å². The van der Waals surface area contributed by atoms with Crippen molar-refractivity contribution in [1.29, 1.82) is 0 Å². The van der Waals surface area contributed by atoms with Gasteiger partial charge in [0.05, 0.1) is 21.2 Å². The van der Waals surface area contributed by atoms with E-state index in [2.05, 4.69) is 5.32 Å². The highest BCUT2D eigenvalue weighted by Crippen LogP contribution is 2.27. The molecule has 5 nitrogen and oxygen atoms in total. The summed E-state index contributed by atoms with van der Waals surface area (Å²) in [6.07, 6.45) is 0. The van der Waals surface area contributed by atoms with Crippen LogP contribution >= 0.6 is 11.6 Å². The smallest absolute Gasteiger partial charge is 0.264 e. The summed E-state index contributed by atoms with van der Waals surface area (Å²) in [7, 11) is -2.33. The van der Waals surface area contributed by atoms with Gasteiger partial charge in [-0.05, 0) is 48.0 Å². The minimum absolute atomic E-state index is 0.120. The van der Waals surface area contributed by atoms with Gasteiger partial charge in [-0.3, -0.25) is 9.10 Å². The standard InChI is InChI=1S/C21H18ClFN2O3S/c1-25(29(27,28)18-5-3-2-4-6-18)17-11-12-19(20(22)13-17)21(26)24-14-15-7-9-16(23)10-8-15/h2-13H,14H2,1H3,(H,24,26). The number of rotatable bonds is 6. The average molecular weight is 433 g/mol. The van der Waals surface area contributed by atoms with E-state index in [0.29, 0.717) is 5.69 Å². The molecule has 150 valence electrons. The Morgan fingerprint density at radius 3 is 2.31 bits per heavy atom. The van der Waals surface area contributed by atoms with E-state index in [9.17, 15) is 17.6 Å². The summed E-state index contributed by atoms with van der Waals surface area (Å²) < 4.78 is 39.5. The van der Waals surface area contributed by atoms with Crippen LogP contribution in [0.2, 0.25) is 5.02 Å². The van der Waals surface area contributed by atoms with Crippen molar-refractivity contribution in [2.24, 2.45) is 0 Å². The second kappa shape index (κ2) is 8.63. The van der Waals surface area contributed by atoms with Crippen molar-refractivity contribution in [3.8, 4) is 0 Å². The number of carbonyl (C=O) groups is 1. The quantitative estimate of drug-likeness (QED) is 0.633. The van der Waals surface area contributed by atoms with E-state index in [1.165, 1.54) is 49.5 Å². The molecule has 29 heavy (non-hydrogen) atoms. The molecular weight excluding hydrogens is 415 g/mol. The lowest BCUT2D eigenvalue weighted by Crippen LogP contribution is -2.27. The molecule has 1 N–H and O–H groups in total. The lowest BCUT2D eigenvalue weighted by molar-refractivity contribution is 0.0951. The molecule has 0 bridgehead atoms. The second-order valence-electron chi connectivity index (χ2n) is 6.26. The van der Waals surface area contributed by atoms with Gasteiger partial charge in [-0.1, -0.05) is 41.9 Å². The van der Waals surface area contributed by atoms with Gasteiger partial charge in [0.2, 0.25) is 0 Å². The highest BCUT2D eigenvalue weighted by atomic mass is 35.5. The highest BCUT2D eigenvalue weighted by Gasteiger charge is 2.22. The Hall–Kier alpha value is -2.90. The number of anilines is 1. The van der Waals surface area contributed by atoms with E-state index in [1.807, 2.05) is 0 Å². The van der Waals surface area contributed by atoms with Crippen molar-refractivity contribution in [1.82, 2.24) is 5.32 Å². The van der Waals surface area contributed by atoms with E-state index < -0.39 is 15.9 Å². The Morgan fingerprint density at radius 1 is 1.03 bits per heavy atom. The van der Waals surface area contributed by atoms with Crippen LogP contribution in [-0.2, 0) is 16.6 Å². The maximum atomic E-state index is 12.9. The summed E-state index contributed by atoms with van der Waals surface area (Å²) in [5.74, 6) is -0.771. The first-order chi connectivity index (χ1) is 13.8. The Balaban J connectivity index is 1.75. The van der Waals surface area contributed by atoms with Crippen LogP contribution in [0, 0.1) is 5.82 Å². The van der Waals surface area contributed by atoms with Crippen LogP contribution in [0.4, 0.5) is 10.1 Å². The zero-order valence-corrected chi connectivity index (χ0v) is 17.0. The number of sulfonamides is 1. The molecule has 3 rings (SSSR count). The number of benzene rings is 3. The second-order valence-corrected chi connectivity index (χ2v) is 8.64. The fraction of sp³-hybridized carbons (Fsp3) is 0.0952. The van der Waals surface area contributed by atoms with Crippen LogP contribution < -0.4 is 9.62 Å². The topological polar surface area (TPSA) is 66.5 Å². The summed E-state index contributed by atoms with van der Waals surface area (Å²) in [6, 6.07) is 18.2. The minimum Gasteiger partial charge on any atom is -0.348 e. The molecule has 0 aliphatic heterocycles. The van der Waals surface area contributed by atoms with Crippen molar-refractivity contribution in [2.45, 2.75) is 11.4 Å². The molecule has 0 atom stereocenters. The Labute approximate surface area is 173 Å². The van der Waals surface area contributed by atoms with Gasteiger partial charge in [-0.15, -0.1) is 0 Å². The number of hydrogen-bond acceptors (Lipinski definition) is 3. The first kappa shape index (κ1) is 20.8. The monoisotopic (exact) mass is 432 g/mol. The molecule has 3 aromatic carbocycles. The van der Waals surface area contributed by atoms with Gasteiger partial charge < -0.3 is 5.32 Å². The Kier molecular flexibility index (Phi) is 6.20. The molecule has 0 radical (unpaired) electrons. The number of carbonyl (C=O) groups excluding carboxylic acids is 1. The van der Waals surface area contributed by atoms with Crippen LogP contribution in [-0.4, -0.2) is 21.4 Å². The molecule has 0 fully saturated rings. The Morgan fingerprint density at radius 2 is 1.69 bits per heavy atom. The zero-order chi connectivity index (χ0) is 21.0. The molecule has 0 spiro atoms. The van der Waals surface area contributed by atoms with Crippen molar-refractivity contribution >= 4 is 33.2 Å². The summed E-state index contributed by atoms with van der Waals surface area (Å²) in [6.45, 7) is 0.208. The van der Waals surface area contributed by atoms with Crippen molar-refractivity contribution in [3.63, 3.8) is 0 Å². The average Bonchev–Trinajstić information content (AvgIpc) is 2.73. The first-order valence-electron chi connectivity index (χ1n) is 8.65. The van der Waals surface area contributed by atoms with E-state index in [4.69, 9.17) is 11.6 Å². The van der Waals surface area contributed by atoms with E-state index >= 15 is 0 Å². The van der Waals surface area contributed by atoms with Crippen molar-refractivity contribution < 1.29 is 17.6 Å². The maximum absolute atomic E-state index is 12.9. The van der Waals surface area contributed by atoms with Crippen LogP contribution in [0.5, 0.6) is 0 Å². The number of halogens is 2. The van der Waals surface area contributed by atoms with Gasteiger partial charge in [0.15, 0.2) is 0 Å². The summed E-state index contributed by atoms with van der Waals surface area (Å²) in [5, 5.41) is 2.82. The fourth-order valence-corrected chi connectivity index (χ4v) is 4.12. The van der Waals surface area contributed by atoms with Crippen LogP contribution in [0.1, 0.15) is 15.9 Å². The van der Waals surface area contributed by atoms with Crippen molar-refractivity contribution in [3.05, 3.63) is 94.8 Å². The molecule has 3 aromatic rings. The predicted octanol–water partition coefficient (Wildman–Crippen LogP) is 4.23. The molecule has 0 saturated heterocycles. The first-order valence-corrected chi connectivity index (χ1v) is 10.5. The normalized spacial score (nSPS) is 11.1. The SMILES string of the molecule is CN(c1ccc(C(=O)NCc2ccc(F)cc2)c(Cl)c1)S(=O)(=O)c1ccccc1. The van der Waals surface area contributed by atoms with Crippen LogP contribution in [0.25, 0.3) is 0 Å². The highest BCUT2D eigenvalue weighted by molar-refractivity contribution is 7.92. The van der Waals surface area contributed by atoms with Gasteiger partial charge in [0, 0.05) is 13.6 Å². The van der Waals surface area contributed by atoms with Crippen LogP contribution in [0.3, 0.4) is 0 Å².